The topological polar surface area (TPSA) is 67.6 Å². The van der Waals surface area contributed by atoms with E-state index in [-0.39, 0.29) is 11.9 Å². The van der Waals surface area contributed by atoms with Crippen molar-refractivity contribution in [2.75, 3.05) is 32.8 Å². The van der Waals surface area contributed by atoms with Crippen molar-refractivity contribution in [3.05, 3.63) is 29.8 Å². The molecule has 5 heteroatoms. The van der Waals surface area contributed by atoms with Crippen LogP contribution in [0.3, 0.4) is 0 Å². The number of ether oxygens (including phenoxy) is 1. The van der Waals surface area contributed by atoms with E-state index < -0.39 is 0 Å². The molecular formula is C15H23N3O2. The van der Waals surface area contributed by atoms with Crippen LogP contribution >= 0.6 is 0 Å². The van der Waals surface area contributed by atoms with E-state index in [1.54, 1.807) is 0 Å². The lowest BCUT2D eigenvalue weighted by Crippen LogP contribution is -2.49. The van der Waals surface area contributed by atoms with E-state index in [4.69, 9.17) is 10.5 Å². The van der Waals surface area contributed by atoms with Crippen molar-refractivity contribution >= 4 is 5.91 Å². The number of rotatable bonds is 6. The van der Waals surface area contributed by atoms with E-state index >= 15 is 0 Å². The van der Waals surface area contributed by atoms with Gasteiger partial charge in [-0.05, 0) is 24.1 Å². The minimum Gasteiger partial charge on any atom is -0.494 e. The van der Waals surface area contributed by atoms with Crippen LogP contribution in [0.1, 0.15) is 24.9 Å². The van der Waals surface area contributed by atoms with Crippen LogP contribution in [0, 0.1) is 0 Å². The van der Waals surface area contributed by atoms with Gasteiger partial charge in [-0.3, -0.25) is 9.69 Å². The van der Waals surface area contributed by atoms with Crippen molar-refractivity contribution in [1.82, 2.24) is 10.2 Å². The molecule has 1 saturated heterocycles. The summed E-state index contributed by atoms with van der Waals surface area (Å²) in [6, 6.07) is 7.82. The molecule has 1 atom stereocenters. The fraction of sp³-hybridized carbons (Fsp3) is 0.533. The molecule has 1 fully saturated rings. The van der Waals surface area contributed by atoms with Gasteiger partial charge >= 0.3 is 0 Å². The predicted molar refractivity (Wildman–Crippen MR) is 78.6 cm³/mol. The Kier molecular flexibility index (Phi) is 5.38. The Balaban J connectivity index is 1.88. The van der Waals surface area contributed by atoms with Crippen LogP contribution in [0.2, 0.25) is 0 Å². The highest BCUT2D eigenvalue weighted by molar-refractivity contribution is 5.78. The molecule has 20 heavy (non-hydrogen) atoms. The highest BCUT2D eigenvalue weighted by Gasteiger charge is 2.18. The van der Waals surface area contributed by atoms with E-state index in [0.717, 1.165) is 30.9 Å². The Morgan fingerprint density at radius 3 is 2.80 bits per heavy atom. The fourth-order valence-corrected chi connectivity index (χ4v) is 2.26. The Hall–Kier alpha value is -1.59. The van der Waals surface area contributed by atoms with E-state index in [0.29, 0.717) is 19.6 Å². The maximum absolute atomic E-state index is 11.3. The van der Waals surface area contributed by atoms with Crippen LogP contribution in [0.5, 0.6) is 5.75 Å². The van der Waals surface area contributed by atoms with E-state index in [1.807, 2.05) is 24.3 Å². The number of piperazine rings is 1. The molecule has 1 aromatic carbocycles. The van der Waals surface area contributed by atoms with Gasteiger partial charge in [-0.15, -0.1) is 0 Å². The molecule has 0 radical (unpaired) electrons. The van der Waals surface area contributed by atoms with Crippen molar-refractivity contribution in [2.45, 2.75) is 19.4 Å². The molecule has 0 spiro atoms. The summed E-state index contributed by atoms with van der Waals surface area (Å²) < 4.78 is 5.55. The largest absolute Gasteiger partial charge is 0.494 e. The number of nitrogens with two attached hydrogens (primary N) is 1. The summed E-state index contributed by atoms with van der Waals surface area (Å²) in [5.41, 5.74) is 7.28. The molecule has 0 aliphatic carbocycles. The quantitative estimate of drug-likeness (QED) is 0.811. The van der Waals surface area contributed by atoms with Crippen LogP contribution in [0.25, 0.3) is 0 Å². The second-order valence-corrected chi connectivity index (χ2v) is 5.11. The van der Waals surface area contributed by atoms with Gasteiger partial charge in [0.25, 0.3) is 0 Å². The third-order valence-electron chi connectivity index (χ3n) is 3.35. The maximum Gasteiger partial charge on any atom is 0.234 e. The van der Waals surface area contributed by atoms with Gasteiger partial charge in [0.15, 0.2) is 0 Å². The lowest BCUT2D eigenvalue weighted by Gasteiger charge is -2.28. The predicted octanol–water partition coefficient (Wildman–Crippen LogP) is 0.907. The van der Waals surface area contributed by atoms with Crippen molar-refractivity contribution in [1.29, 1.82) is 0 Å². The van der Waals surface area contributed by atoms with E-state index in [1.165, 1.54) is 0 Å². The van der Waals surface area contributed by atoms with Gasteiger partial charge in [-0.1, -0.05) is 19.1 Å². The summed E-state index contributed by atoms with van der Waals surface area (Å²) in [7, 11) is 0. The molecule has 2 rings (SSSR count). The monoisotopic (exact) mass is 277 g/mol. The number of amides is 1. The molecule has 1 aliphatic rings. The fourth-order valence-electron chi connectivity index (χ4n) is 2.26. The molecule has 0 saturated carbocycles. The number of carbonyl (C=O) groups excluding carboxylic acids is 1. The van der Waals surface area contributed by atoms with Crippen LogP contribution in [0.15, 0.2) is 24.3 Å². The summed E-state index contributed by atoms with van der Waals surface area (Å²) in [6.45, 7) is 5.51. The average molecular weight is 277 g/mol. The molecule has 0 aromatic heterocycles. The molecule has 5 nitrogen and oxygen atoms in total. The maximum atomic E-state index is 11.3. The van der Waals surface area contributed by atoms with Crippen LogP contribution in [-0.4, -0.2) is 43.6 Å². The lowest BCUT2D eigenvalue weighted by molar-refractivity contribution is -0.124. The van der Waals surface area contributed by atoms with Gasteiger partial charge in [0, 0.05) is 25.7 Å². The Morgan fingerprint density at radius 2 is 2.15 bits per heavy atom. The number of nitrogens with one attached hydrogen (secondary N) is 1. The second kappa shape index (κ2) is 7.26. The molecular weight excluding hydrogens is 254 g/mol. The summed E-state index contributed by atoms with van der Waals surface area (Å²) in [6.07, 6.45) is 0.998. The Bertz CT molecular complexity index is 433. The third-order valence-corrected chi connectivity index (χ3v) is 3.35. The third kappa shape index (κ3) is 4.21. The van der Waals surface area contributed by atoms with Crippen LogP contribution < -0.4 is 15.8 Å². The summed E-state index contributed by atoms with van der Waals surface area (Å²) in [4.78, 5) is 13.4. The molecule has 1 aromatic rings. The Morgan fingerprint density at radius 1 is 1.40 bits per heavy atom. The first-order valence-electron chi connectivity index (χ1n) is 7.16. The normalized spacial score (nSPS) is 17.6. The molecule has 1 unspecified atom stereocenters. The van der Waals surface area contributed by atoms with Gasteiger partial charge in [0.2, 0.25) is 5.91 Å². The average Bonchev–Trinajstić information content (AvgIpc) is 2.45. The van der Waals surface area contributed by atoms with Gasteiger partial charge in [-0.25, -0.2) is 0 Å². The highest BCUT2D eigenvalue weighted by atomic mass is 16.5. The number of carbonyl (C=O) groups is 1. The molecule has 1 amide bonds. The van der Waals surface area contributed by atoms with Crippen molar-refractivity contribution < 1.29 is 9.53 Å². The number of benzene rings is 1. The lowest BCUT2D eigenvalue weighted by atomic mass is 10.1. The van der Waals surface area contributed by atoms with Crippen LogP contribution in [0.4, 0.5) is 0 Å². The Labute approximate surface area is 120 Å². The minimum absolute atomic E-state index is 0.0757. The number of hydrogen-bond acceptors (Lipinski definition) is 4. The van der Waals surface area contributed by atoms with E-state index in [9.17, 15) is 4.79 Å². The molecule has 110 valence electrons. The molecule has 0 bridgehead atoms. The first-order valence-corrected chi connectivity index (χ1v) is 7.16. The van der Waals surface area contributed by atoms with Gasteiger partial charge in [0.1, 0.15) is 5.75 Å². The summed E-state index contributed by atoms with van der Waals surface area (Å²) in [5, 5.41) is 2.81. The zero-order valence-corrected chi connectivity index (χ0v) is 12.0. The minimum atomic E-state index is -0.0823. The zero-order valence-electron chi connectivity index (χ0n) is 12.0. The summed E-state index contributed by atoms with van der Waals surface area (Å²) >= 11 is 0. The smallest absolute Gasteiger partial charge is 0.234 e. The van der Waals surface area contributed by atoms with Crippen molar-refractivity contribution in [3.8, 4) is 5.75 Å². The van der Waals surface area contributed by atoms with Crippen LogP contribution in [-0.2, 0) is 4.79 Å². The van der Waals surface area contributed by atoms with Gasteiger partial charge < -0.3 is 15.8 Å². The SMILES string of the molecule is CCCOc1ccc(C(N)CN2CCNC(=O)C2)cc1. The summed E-state index contributed by atoms with van der Waals surface area (Å²) in [5.74, 6) is 0.951. The molecule has 1 heterocycles. The molecule has 1 aliphatic heterocycles. The number of nitrogens with zero attached hydrogens (tertiary/aromatic N) is 1. The zero-order chi connectivity index (χ0) is 14.4. The molecule has 3 N–H and O–H groups in total. The second-order valence-electron chi connectivity index (χ2n) is 5.11. The highest BCUT2D eigenvalue weighted by Crippen LogP contribution is 2.17. The van der Waals surface area contributed by atoms with Crippen molar-refractivity contribution in [3.63, 3.8) is 0 Å². The first kappa shape index (κ1) is 14.8. The standard InChI is InChI=1S/C15H23N3O2/c1-2-9-20-13-5-3-12(4-6-13)14(16)10-18-8-7-17-15(19)11-18/h3-6,14H,2,7-11,16H2,1H3,(H,17,19). The van der Waals surface area contributed by atoms with E-state index in [2.05, 4.69) is 17.1 Å². The first-order chi connectivity index (χ1) is 9.69. The number of hydrogen-bond donors (Lipinski definition) is 2. The van der Waals surface area contributed by atoms with Gasteiger partial charge in [-0.2, -0.15) is 0 Å². The van der Waals surface area contributed by atoms with Gasteiger partial charge in [0.05, 0.1) is 13.2 Å². The van der Waals surface area contributed by atoms with Crippen molar-refractivity contribution in [2.24, 2.45) is 5.73 Å².